The summed E-state index contributed by atoms with van der Waals surface area (Å²) in [5.74, 6) is -1.17. The Balaban J connectivity index is 1.89. The Labute approximate surface area is 136 Å². The van der Waals surface area contributed by atoms with Crippen molar-refractivity contribution in [1.29, 1.82) is 0 Å². The summed E-state index contributed by atoms with van der Waals surface area (Å²) in [6.07, 6.45) is 0. The van der Waals surface area contributed by atoms with Crippen LogP contribution in [0.3, 0.4) is 0 Å². The van der Waals surface area contributed by atoms with E-state index in [2.05, 4.69) is 5.32 Å². The number of esters is 1. The molecule has 2 N–H and O–H groups in total. The van der Waals surface area contributed by atoms with Crippen LogP contribution in [0.2, 0.25) is 10.0 Å². The fourth-order valence-corrected chi connectivity index (χ4v) is 2.04. The van der Waals surface area contributed by atoms with Gasteiger partial charge in [-0.3, -0.25) is 4.79 Å². The van der Waals surface area contributed by atoms with Gasteiger partial charge in [0.2, 0.25) is 0 Å². The molecule has 0 saturated carbocycles. The molecule has 2 aromatic carbocycles. The number of carbonyl (C=O) groups excluding carboxylic acids is 2. The van der Waals surface area contributed by atoms with Crippen LogP contribution in [0, 0.1) is 0 Å². The van der Waals surface area contributed by atoms with Gasteiger partial charge < -0.3 is 15.2 Å². The molecule has 2 rings (SSSR count). The lowest BCUT2D eigenvalue weighted by molar-refractivity contribution is -0.119. The van der Waals surface area contributed by atoms with Crippen molar-refractivity contribution in [2.45, 2.75) is 0 Å². The highest BCUT2D eigenvalue weighted by Crippen LogP contribution is 2.25. The van der Waals surface area contributed by atoms with Crippen molar-refractivity contribution in [3.05, 3.63) is 58.1 Å². The van der Waals surface area contributed by atoms with Gasteiger partial charge in [-0.25, -0.2) is 4.79 Å². The van der Waals surface area contributed by atoms with E-state index in [1.165, 1.54) is 30.3 Å². The zero-order valence-electron chi connectivity index (χ0n) is 11.2. The van der Waals surface area contributed by atoms with Crippen LogP contribution in [0.25, 0.3) is 0 Å². The summed E-state index contributed by atoms with van der Waals surface area (Å²) in [5, 5.41) is 12.4. The molecule has 5 nitrogen and oxygen atoms in total. The molecule has 0 saturated heterocycles. The third-order valence-electron chi connectivity index (χ3n) is 2.64. The summed E-state index contributed by atoms with van der Waals surface area (Å²) in [6, 6.07) is 10.1. The van der Waals surface area contributed by atoms with Crippen LogP contribution < -0.4 is 5.32 Å². The minimum absolute atomic E-state index is 0.0340. The van der Waals surface area contributed by atoms with Crippen molar-refractivity contribution in [3.63, 3.8) is 0 Å². The van der Waals surface area contributed by atoms with Crippen LogP contribution in [-0.4, -0.2) is 23.6 Å². The topological polar surface area (TPSA) is 75.6 Å². The maximum absolute atomic E-state index is 11.7. The second-order valence-corrected chi connectivity index (χ2v) is 5.14. The molecule has 0 spiro atoms. The summed E-state index contributed by atoms with van der Waals surface area (Å²) in [6.45, 7) is -0.460. The van der Waals surface area contributed by atoms with Gasteiger partial charge in [-0.05, 0) is 42.5 Å². The van der Waals surface area contributed by atoms with Gasteiger partial charge in [-0.2, -0.15) is 0 Å². The highest BCUT2D eigenvalue weighted by atomic mass is 35.5. The number of nitrogens with one attached hydrogen (secondary N) is 1. The molecule has 114 valence electrons. The van der Waals surface area contributed by atoms with Crippen LogP contribution in [0.4, 0.5) is 5.69 Å². The van der Waals surface area contributed by atoms with Crippen molar-refractivity contribution in [2.75, 3.05) is 11.9 Å². The Morgan fingerprint density at radius 1 is 1.09 bits per heavy atom. The maximum atomic E-state index is 11.7. The number of aromatic hydroxyl groups is 1. The molecule has 7 heteroatoms. The number of hydrogen-bond acceptors (Lipinski definition) is 4. The fourth-order valence-electron chi connectivity index (χ4n) is 1.59. The Morgan fingerprint density at radius 3 is 2.41 bits per heavy atom. The molecule has 22 heavy (non-hydrogen) atoms. The quantitative estimate of drug-likeness (QED) is 0.836. The predicted octanol–water partition coefficient (Wildman–Crippen LogP) is 3.49. The van der Waals surface area contributed by atoms with Gasteiger partial charge in [0.15, 0.2) is 6.61 Å². The maximum Gasteiger partial charge on any atom is 0.338 e. The first-order valence-corrected chi connectivity index (χ1v) is 6.92. The third kappa shape index (κ3) is 4.38. The van der Waals surface area contributed by atoms with E-state index in [1.807, 2.05) is 0 Å². The summed E-state index contributed by atoms with van der Waals surface area (Å²) >= 11 is 11.7. The Morgan fingerprint density at radius 2 is 1.77 bits per heavy atom. The number of amides is 1. The van der Waals surface area contributed by atoms with Crippen molar-refractivity contribution in [3.8, 4) is 5.75 Å². The van der Waals surface area contributed by atoms with Crippen LogP contribution in [0.1, 0.15) is 10.4 Å². The standard InChI is InChI=1S/C15H11Cl2NO4/c16-10-3-6-13(12(17)7-10)18-14(20)8-22-15(21)9-1-4-11(19)5-2-9/h1-7,19H,8H2,(H,18,20). The highest BCUT2D eigenvalue weighted by molar-refractivity contribution is 6.36. The van der Waals surface area contributed by atoms with Crippen LogP contribution >= 0.6 is 23.2 Å². The lowest BCUT2D eigenvalue weighted by Gasteiger charge is -2.08. The number of hydrogen-bond donors (Lipinski definition) is 2. The zero-order valence-corrected chi connectivity index (χ0v) is 12.7. The predicted molar refractivity (Wildman–Crippen MR) is 83.5 cm³/mol. The molecule has 0 bridgehead atoms. The average Bonchev–Trinajstić information content (AvgIpc) is 2.48. The molecule has 2 aromatic rings. The average molecular weight is 340 g/mol. The molecular weight excluding hydrogens is 329 g/mol. The molecule has 0 aliphatic heterocycles. The number of ether oxygens (including phenoxy) is 1. The van der Waals surface area contributed by atoms with Gasteiger partial charge in [-0.1, -0.05) is 23.2 Å². The van der Waals surface area contributed by atoms with Crippen molar-refractivity contribution in [2.24, 2.45) is 0 Å². The van der Waals surface area contributed by atoms with Crippen molar-refractivity contribution < 1.29 is 19.4 Å². The van der Waals surface area contributed by atoms with Gasteiger partial charge in [0.25, 0.3) is 5.91 Å². The van der Waals surface area contributed by atoms with E-state index in [0.717, 1.165) is 0 Å². The van der Waals surface area contributed by atoms with Gasteiger partial charge in [-0.15, -0.1) is 0 Å². The molecule has 0 aliphatic carbocycles. The SMILES string of the molecule is O=C(COC(=O)c1ccc(O)cc1)Nc1ccc(Cl)cc1Cl. The van der Waals surface area contributed by atoms with Gasteiger partial charge >= 0.3 is 5.97 Å². The highest BCUT2D eigenvalue weighted by Gasteiger charge is 2.11. The number of phenolic OH excluding ortho intramolecular Hbond substituents is 1. The smallest absolute Gasteiger partial charge is 0.338 e. The van der Waals surface area contributed by atoms with E-state index in [9.17, 15) is 9.59 Å². The Bertz CT molecular complexity index is 701. The molecular formula is C15H11Cl2NO4. The van der Waals surface area contributed by atoms with E-state index in [-0.39, 0.29) is 16.3 Å². The number of rotatable bonds is 4. The number of benzene rings is 2. The minimum Gasteiger partial charge on any atom is -0.508 e. The van der Waals surface area contributed by atoms with Gasteiger partial charge in [0.1, 0.15) is 5.75 Å². The number of phenols is 1. The zero-order chi connectivity index (χ0) is 16.1. The summed E-state index contributed by atoms with van der Waals surface area (Å²) in [4.78, 5) is 23.4. The second-order valence-electron chi connectivity index (χ2n) is 4.30. The van der Waals surface area contributed by atoms with Crippen molar-refractivity contribution >= 4 is 40.8 Å². The summed E-state index contributed by atoms with van der Waals surface area (Å²) in [5.41, 5.74) is 0.604. The summed E-state index contributed by atoms with van der Waals surface area (Å²) < 4.78 is 4.86. The first kappa shape index (κ1) is 16.1. The number of anilines is 1. The normalized spacial score (nSPS) is 10.1. The van der Waals surface area contributed by atoms with E-state index >= 15 is 0 Å². The lowest BCUT2D eigenvalue weighted by Crippen LogP contribution is -2.21. The summed E-state index contributed by atoms with van der Waals surface area (Å²) in [7, 11) is 0. The molecule has 0 heterocycles. The first-order valence-electron chi connectivity index (χ1n) is 6.17. The van der Waals surface area contributed by atoms with Crippen LogP contribution in [0.5, 0.6) is 5.75 Å². The second kappa shape index (κ2) is 7.15. The minimum atomic E-state index is -0.669. The van der Waals surface area contributed by atoms with E-state index in [0.29, 0.717) is 10.7 Å². The van der Waals surface area contributed by atoms with E-state index < -0.39 is 18.5 Å². The number of halogens is 2. The molecule has 1 amide bonds. The molecule has 0 aromatic heterocycles. The fraction of sp³-hybridized carbons (Fsp3) is 0.0667. The van der Waals surface area contributed by atoms with Crippen LogP contribution in [0.15, 0.2) is 42.5 Å². The molecule has 0 radical (unpaired) electrons. The molecule has 0 unspecified atom stereocenters. The third-order valence-corrected chi connectivity index (χ3v) is 3.19. The first-order chi connectivity index (χ1) is 10.5. The van der Waals surface area contributed by atoms with Gasteiger partial charge in [0.05, 0.1) is 16.3 Å². The van der Waals surface area contributed by atoms with Crippen molar-refractivity contribution in [1.82, 2.24) is 0 Å². The molecule has 0 aliphatic rings. The monoisotopic (exact) mass is 339 g/mol. The van der Waals surface area contributed by atoms with E-state index in [1.54, 1.807) is 12.1 Å². The number of carbonyl (C=O) groups is 2. The Hall–Kier alpha value is -2.24. The van der Waals surface area contributed by atoms with E-state index in [4.69, 9.17) is 33.0 Å². The molecule has 0 atom stereocenters. The lowest BCUT2D eigenvalue weighted by atomic mass is 10.2. The van der Waals surface area contributed by atoms with Gasteiger partial charge in [0, 0.05) is 5.02 Å². The van der Waals surface area contributed by atoms with Crippen LogP contribution in [-0.2, 0) is 9.53 Å². The Kier molecular flexibility index (Phi) is 5.25. The molecule has 0 fully saturated rings. The largest absolute Gasteiger partial charge is 0.508 e.